The van der Waals surface area contributed by atoms with Crippen LogP contribution in [-0.2, 0) is 0 Å². The van der Waals surface area contributed by atoms with E-state index < -0.39 is 0 Å². The zero-order valence-electron chi connectivity index (χ0n) is 10.8. The van der Waals surface area contributed by atoms with Gasteiger partial charge in [-0.3, -0.25) is 0 Å². The summed E-state index contributed by atoms with van der Waals surface area (Å²) < 4.78 is 0. The van der Waals surface area contributed by atoms with E-state index in [1.54, 1.807) is 0 Å². The van der Waals surface area contributed by atoms with Crippen LogP contribution in [0.25, 0.3) is 0 Å². The lowest BCUT2D eigenvalue weighted by Gasteiger charge is -2.29. The molecule has 0 saturated carbocycles. The minimum atomic E-state index is -0.170. The van der Waals surface area contributed by atoms with E-state index in [0.717, 1.165) is 6.42 Å². The van der Waals surface area contributed by atoms with Crippen LogP contribution >= 0.6 is 0 Å². The monoisotopic (exact) mass is 213 g/mol. The number of likely N-dealkylation sites (tertiary alicyclic amines) is 1. The SMILES string of the molecule is CC(O)CC(C)N1CCCC(C)(C)CC1. The summed E-state index contributed by atoms with van der Waals surface area (Å²) in [5.41, 5.74) is 0.513. The molecule has 1 aliphatic heterocycles. The Balaban J connectivity index is 2.43. The van der Waals surface area contributed by atoms with E-state index in [1.807, 2.05) is 6.92 Å². The van der Waals surface area contributed by atoms with Gasteiger partial charge in [0.1, 0.15) is 0 Å². The van der Waals surface area contributed by atoms with E-state index >= 15 is 0 Å². The highest BCUT2D eigenvalue weighted by molar-refractivity contribution is 4.79. The van der Waals surface area contributed by atoms with Gasteiger partial charge in [0, 0.05) is 6.04 Å². The molecule has 0 bridgehead atoms. The third kappa shape index (κ3) is 4.52. The van der Waals surface area contributed by atoms with Crippen LogP contribution in [-0.4, -0.2) is 35.2 Å². The van der Waals surface area contributed by atoms with Crippen molar-refractivity contribution in [2.75, 3.05) is 13.1 Å². The molecule has 1 fully saturated rings. The maximum absolute atomic E-state index is 9.40. The molecule has 1 rings (SSSR count). The lowest BCUT2D eigenvalue weighted by atomic mass is 9.85. The summed E-state index contributed by atoms with van der Waals surface area (Å²) in [6.45, 7) is 11.3. The summed E-state index contributed by atoms with van der Waals surface area (Å²) in [7, 11) is 0. The molecule has 2 atom stereocenters. The van der Waals surface area contributed by atoms with Gasteiger partial charge in [-0.15, -0.1) is 0 Å². The summed E-state index contributed by atoms with van der Waals surface area (Å²) in [5, 5.41) is 9.40. The minimum Gasteiger partial charge on any atom is -0.393 e. The fraction of sp³-hybridized carbons (Fsp3) is 1.00. The Labute approximate surface area is 94.7 Å². The first-order valence-corrected chi connectivity index (χ1v) is 6.33. The molecule has 2 unspecified atom stereocenters. The zero-order chi connectivity index (χ0) is 11.5. The van der Waals surface area contributed by atoms with Gasteiger partial charge >= 0.3 is 0 Å². The molecular weight excluding hydrogens is 186 g/mol. The van der Waals surface area contributed by atoms with Crippen LogP contribution in [0.1, 0.15) is 53.4 Å². The molecule has 15 heavy (non-hydrogen) atoms. The van der Waals surface area contributed by atoms with Crippen LogP contribution < -0.4 is 0 Å². The van der Waals surface area contributed by atoms with Crippen LogP contribution in [0.15, 0.2) is 0 Å². The van der Waals surface area contributed by atoms with Crippen molar-refractivity contribution in [1.29, 1.82) is 0 Å². The van der Waals surface area contributed by atoms with Gasteiger partial charge in [-0.1, -0.05) is 13.8 Å². The van der Waals surface area contributed by atoms with Crippen LogP contribution in [0.5, 0.6) is 0 Å². The van der Waals surface area contributed by atoms with Gasteiger partial charge < -0.3 is 10.0 Å². The van der Waals surface area contributed by atoms with Crippen molar-refractivity contribution < 1.29 is 5.11 Å². The number of aliphatic hydroxyl groups excluding tert-OH is 1. The summed E-state index contributed by atoms with van der Waals surface area (Å²) in [4.78, 5) is 2.54. The number of hydrogen-bond acceptors (Lipinski definition) is 2. The maximum Gasteiger partial charge on any atom is 0.0526 e. The zero-order valence-corrected chi connectivity index (χ0v) is 10.8. The van der Waals surface area contributed by atoms with Gasteiger partial charge in [0.2, 0.25) is 0 Å². The molecule has 0 aromatic heterocycles. The van der Waals surface area contributed by atoms with Gasteiger partial charge in [-0.2, -0.15) is 0 Å². The summed E-state index contributed by atoms with van der Waals surface area (Å²) >= 11 is 0. The maximum atomic E-state index is 9.40. The molecule has 0 aromatic carbocycles. The molecule has 90 valence electrons. The predicted octanol–water partition coefficient (Wildman–Crippen LogP) is 2.66. The van der Waals surface area contributed by atoms with E-state index in [4.69, 9.17) is 0 Å². The molecule has 1 heterocycles. The molecule has 2 nitrogen and oxygen atoms in total. The number of aliphatic hydroxyl groups is 1. The Morgan fingerprint density at radius 1 is 1.20 bits per heavy atom. The van der Waals surface area contributed by atoms with Gasteiger partial charge in [0.05, 0.1) is 6.10 Å². The fourth-order valence-electron chi connectivity index (χ4n) is 2.53. The van der Waals surface area contributed by atoms with Crippen molar-refractivity contribution >= 4 is 0 Å². The Morgan fingerprint density at radius 3 is 2.47 bits per heavy atom. The van der Waals surface area contributed by atoms with E-state index in [0.29, 0.717) is 11.5 Å². The second-order valence-corrected chi connectivity index (χ2v) is 5.99. The molecule has 1 aliphatic rings. The summed E-state index contributed by atoms with van der Waals surface area (Å²) in [5.74, 6) is 0. The summed E-state index contributed by atoms with van der Waals surface area (Å²) in [6.07, 6.45) is 4.66. The molecule has 0 spiro atoms. The van der Waals surface area contributed by atoms with Crippen molar-refractivity contribution in [3.05, 3.63) is 0 Å². The highest BCUT2D eigenvalue weighted by Gasteiger charge is 2.25. The largest absolute Gasteiger partial charge is 0.393 e. The first-order valence-electron chi connectivity index (χ1n) is 6.33. The number of hydrogen-bond donors (Lipinski definition) is 1. The first-order chi connectivity index (χ1) is 6.91. The number of nitrogens with zero attached hydrogens (tertiary/aromatic N) is 1. The van der Waals surface area contributed by atoms with E-state index in [-0.39, 0.29) is 6.10 Å². The average molecular weight is 213 g/mol. The average Bonchev–Trinajstić information content (AvgIpc) is 2.25. The van der Waals surface area contributed by atoms with Crippen molar-refractivity contribution in [1.82, 2.24) is 4.90 Å². The minimum absolute atomic E-state index is 0.170. The molecular formula is C13H27NO. The second-order valence-electron chi connectivity index (χ2n) is 5.99. The Kier molecular flexibility index (Phi) is 4.60. The Morgan fingerprint density at radius 2 is 1.87 bits per heavy atom. The smallest absolute Gasteiger partial charge is 0.0526 e. The third-order valence-electron chi connectivity index (χ3n) is 3.68. The molecule has 1 saturated heterocycles. The quantitative estimate of drug-likeness (QED) is 0.779. The van der Waals surface area contributed by atoms with Crippen molar-refractivity contribution in [2.24, 2.45) is 5.41 Å². The first kappa shape index (κ1) is 13.0. The second kappa shape index (κ2) is 5.31. The highest BCUT2D eigenvalue weighted by Crippen LogP contribution is 2.30. The molecule has 0 amide bonds. The van der Waals surface area contributed by atoms with Crippen LogP contribution in [0.2, 0.25) is 0 Å². The standard InChI is InChI=1S/C13H27NO/c1-11(10-12(2)15)14-8-5-6-13(3,4)7-9-14/h11-12,15H,5-10H2,1-4H3. The van der Waals surface area contributed by atoms with Crippen LogP contribution in [0.3, 0.4) is 0 Å². The lowest BCUT2D eigenvalue weighted by Crippen LogP contribution is -2.36. The van der Waals surface area contributed by atoms with Gasteiger partial charge in [-0.25, -0.2) is 0 Å². The van der Waals surface area contributed by atoms with Crippen LogP contribution in [0, 0.1) is 5.41 Å². The van der Waals surface area contributed by atoms with E-state index in [2.05, 4.69) is 25.7 Å². The number of rotatable bonds is 3. The molecule has 0 aliphatic carbocycles. The topological polar surface area (TPSA) is 23.5 Å². The normalized spacial score (nSPS) is 27.0. The molecule has 2 heteroatoms. The van der Waals surface area contributed by atoms with E-state index in [1.165, 1.54) is 32.4 Å². The third-order valence-corrected chi connectivity index (χ3v) is 3.68. The molecule has 1 N–H and O–H groups in total. The molecule has 0 radical (unpaired) electrons. The van der Waals surface area contributed by atoms with Crippen molar-refractivity contribution in [3.63, 3.8) is 0 Å². The van der Waals surface area contributed by atoms with Gasteiger partial charge in [-0.05, 0) is 58.0 Å². The van der Waals surface area contributed by atoms with Gasteiger partial charge in [0.15, 0.2) is 0 Å². The molecule has 0 aromatic rings. The Bertz CT molecular complexity index is 189. The Hall–Kier alpha value is -0.0800. The van der Waals surface area contributed by atoms with Gasteiger partial charge in [0.25, 0.3) is 0 Å². The van der Waals surface area contributed by atoms with E-state index in [9.17, 15) is 5.11 Å². The lowest BCUT2D eigenvalue weighted by molar-refractivity contribution is 0.120. The predicted molar refractivity (Wildman–Crippen MR) is 65.0 cm³/mol. The van der Waals surface area contributed by atoms with Crippen LogP contribution in [0.4, 0.5) is 0 Å². The summed E-state index contributed by atoms with van der Waals surface area (Å²) in [6, 6.07) is 0.527. The van der Waals surface area contributed by atoms with Crippen molar-refractivity contribution in [2.45, 2.75) is 65.5 Å². The van der Waals surface area contributed by atoms with Crippen molar-refractivity contribution in [3.8, 4) is 0 Å². The fourth-order valence-corrected chi connectivity index (χ4v) is 2.53. The highest BCUT2D eigenvalue weighted by atomic mass is 16.3.